The number of methoxy groups -OCH3 is 1. The summed E-state index contributed by atoms with van der Waals surface area (Å²) in [4.78, 5) is 7.44. The smallest absolute Gasteiger partial charge is 0.123 e. The number of hydrogen-bond acceptors (Lipinski definition) is 3. The van der Waals surface area contributed by atoms with Crippen LogP contribution in [0.2, 0.25) is 0 Å². The molecule has 2 N–H and O–H groups in total. The van der Waals surface area contributed by atoms with E-state index in [0.29, 0.717) is 0 Å². The van der Waals surface area contributed by atoms with Crippen LogP contribution in [0.25, 0.3) is 0 Å². The quantitative estimate of drug-likeness (QED) is 0.822. The lowest BCUT2D eigenvalue weighted by Gasteiger charge is -2.14. The van der Waals surface area contributed by atoms with Gasteiger partial charge in [-0.15, -0.1) is 0 Å². The number of aromatic amines is 1. The normalized spacial score (nSPS) is 12.3. The van der Waals surface area contributed by atoms with Gasteiger partial charge in [-0.25, -0.2) is 4.98 Å². The highest BCUT2D eigenvalue weighted by molar-refractivity contribution is 5.27. The highest BCUT2D eigenvalue weighted by atomic mass is 16.5. The molecule has 2 rings (SSSR count). The molecule has 0 spiro atoms. The molecule has 0 bridgehead atoms. The maximum Gasteiger partial charge on any atom is 0.123 e. The van der Waals surface area contributed by atoms with E-state index in [1.54, 1.807) is 13.3 Å². The highest BCUT2D eigenvalue weighted by Gasteiger charge is 2.10. The number of imidazole rings is 1. The fourth-order valence-electron chi connectivity index (χ4n) is 1.89. The molecule has 1 aromatic carbocycles. The van der Waals surface area contributed by atoms with Gasteiger partial charge in [-0.1, -0.05) is 19.1 Å². The van der Waals surface area contributed by atoms with E-state index >= 15 is 0 Å². The number of benzene rings is 1. The van der Waals surface area contributed by atoms with Crippen molar-refractivity contribution in [1.29, 1.82) is 0 Å². The fraction of sp³-hybridized carbons (Fsp3) is 0.357. The molecule has 2 aromatic rings. The molecule has 0 saturated carbocycles. The molecule has 4 nitrogen and oxygen atoms in total. The number of nitrogens with zero attached hydrogens (tertiary/aromatic N) is 1. The lowest BCUT2D eigenvalue weighted by molar-refractivity contribution is 0.414. The summed E-state index contributed by atoms with van der Waals surface area (Å²) in [5.41, 5.74) is 1.24. The Morgan fingerprint density at radius 3 is 2.67 bits per heavy atom. The number of H-pyrrole nitrogens is 1. The minimum Gasteiger partial charge on any atom is -0.497 e. The molecule has 96 valence electrons. The maximum atomic E-state index is 5.14. The summed E-state index contributed by atoms with van der Waals surface area (Å²) in [5.74, 6) is 1.88. The van der Waals surface area contributed by atoms with Crippen molar-refractivity contribution in [3.05, 3.63) is 48.0 Å². The van der Waals surface area contributed by atoms with Crippen LogP contribution in [0.5, 0.6) is 5.75 Å². The van der Waals surface area contributed by atoms with Gasteiger partial charge in [0.2, 0.25) is 0 Å². The summed E-state index contributed by atoms with van der Waals surface area (Å²) in [6.45, 7) is 2.97. The number of nitrogens with one attached hydrogen (secondary N) is 2. The molecule has 0 aliphatic rings. The summed E-state index contributed by atoms with van der Waals surface area (Å²) < 4.78 is 5.14. The van der Waals surface area contributed by atoms with E-state index in [2.05, 4.69) is 34.3 Å². The SMILES string of the molecule is CCC(NCc1ccc(OC)cc1)c1ncc[nH]1. The van der Waals surface area contributed by atoms with E-state index in [-0.39, 0.29) is 6.04 Å². The molecule has 1 unspecified atom stereocenters. The van der Waals surface area contributed by atoms with Gasteiger partial charge in [0, 0.05) is 18.9 Å². The Balaban J connectivity index is 1.93. The summed E-state index contributed by atoms with van der Waals surface area (Å²) in [6, 6.07) is 8.36. The predicted octanol–water partition coefficient (Wildman–Crippen LogP) is 2.66. The predicted molar refractivity (Wildman–Crippen MR) is 71.5 cm³/mol. The average molecular weight is 245 g/mol. The standard InChI is InChI=1S/C14H19N3O/c1-3-13(14-15-8-9-16-14)17-10-11-4-6-12(18-2)7-5-11/h4-9,13,17H,3,10H2,1-2H3,(H,15,16). The van der Waals surface area contributed by atoms with Gasteiger partial charge in [0.05, 0.1) is 13.2 Å². The van der Waals surface area contributed by atoms with E-state index in [1.807, 2.05) is 18.3 Å². The van der Waals surface area contributed by atoms with Crippen LogP contribution in [0.3, 0.4) is 0 Å². The fourth-order valence-corrected chi connectivity index (χ4v) is 1.89. The molecule has 0 radical (unpaired) electrons. The number of aromatic nitrogens is 2. The van der Waals surface area contributed by atoms with Gasteiger partial charge in [-0.2, -0.15) is 0 Å². The lowest BCUT2D eigenvalue weighted by atomic mass is 10.1. The van der Waals surface area contributed by atoms with Crippen LogP contribution in [0.1, 0.15) is 30.8 Å². The summed E-state index contributed by atoms with van der Waals surface area (Å²) >= 11 is 0. The van der Waals surface area contributed by atoms with E-state index in [9.17, 15) is 0 Å². The van der Waals surface area contributed by atoms with Crippen molar-refractivity contribution < 1.29 is 4.74 Å². The Bertz CT molecular complexity index is 450. The summed E-state index contributed by atoms with van der Waals surface area (Å²) in [7, 11) is 1.68. The molecular formula is C14H19N3O. The molecule has 18 heavy (non-hydrogen) atoms. The second kappa shape index (κ2) is 6.21. The largest absolute Gasteiger partial charge is 0.497 e. The van der Waals surface area contributed by atoms with Crippen molar-refractivity contribution in [3.63, 3.8) is 0 Å². The first kappa shape index (κ1) is 12.6. The Labute approximate surface area is 107 Å². The second-order valence-electron chi connectivity index (χ2n) is 4.16. The monoisotopic (exact) mass is 245 g/mol. The van der Waals surface area contributed by atoms with Crippen LogP contribution in [-0.2, 0) is 6.54 Å². The Morgan fingerprint density at radius 1 is 1.33 bits per heavy atom. The molecule has 1 atom stereocenters. The van der Waals surface area contributed by atoms with Crippen LogP contribution >= 0.6 is 0 Å². The zero-order valence-corrected chi connectivity index (χ0v) is 10.8. The van der Waals surface area contributed by atoms with Crippen molar-refractivity contribution in [2.75, 3.05) is 7.11 Å². The van der Waals surface area contributed by atoms with E-state index < -0.39 is 0 Å². The first-order valence-corrected chi connectivity index (χ1v) is 6.19. The molecule has 1 heterocycles. The third kappa shape index (κ3) is 3.11. The average Bonchev–Trinajstić information content (AvgIpc) is 2.94. The van der Waals surface area contributed by atoms with Crippen LogP contribution in [-0.4, -0.2) is 17.1 Å². The topological polar surface area (TPSA) is 49.9 Å². The van der Waals surface area contributed by atoms with E-state index in [4.69, 9.17) is 4.74 Å². The molecular weight excluding hydrogens is 226 g/mol. The molecule has 0 amide bonds. The molecule has 4 heteroatoms. The van der Waals surface area contributed by atoms with Crippen molar-refractivity contribution in [2.24, 2.45) is 0 Å². The van der Waals surface area contributed by atoms with Gasteiger partial charge in [0.15, 0.2) is 0 Å². The number of rotatable bonds is 6. The third-order valence-corrected chi connectivity index (χ3v) is 2.97. The van der Waals surface area contributed by atoms with Crippen molar-refractivity contribution in [1.82, 2.24) is 15.3 Å². The zero-order valence-electron chi connectivity index (χ0n) is 10.8. The van der Waals surface area contributed by atoms with Gasteiger partial charge in [-0.05, 0) is 24.1 Å². The highest BCUT2D eigenvalue weighted by Crippen LogP contribution is 2.14. The van der Waals surface area contributed by atoms with E-state index in [1.165, 1.54) is 5.56 Å². The summed E-state index contributed by atoms with van der Waals surface area (Å²) in [5, 5.41) is 3.49. The first-order chi connectivity index (χ1) is 8.83. The summed E-state index contributed by atoms with van der Waals surface area (Å²) in [6.07, 6.45) is 4.64. The molecule has 0 aliphatic heterocycles. The molecule has 0 saturated heterocycles. The minimum atomic E-state index is 0.266. The van der Waals surface area contributed by atoms with Crippen LogP contribution in [0, 0.1) is 0 Å². The van der Waals surface area contributed by atoms with Crippen molar-refractivity contribution in [3.8, 4) is 5.75 Å². The van der Waals surface area contributed by atoms with Gasteiger partial charge in [0.1, 0.15) is 11.6 Å². The van der Waals surface area contributed by atoms with Gasteiger partial charge in [0.25, 0.3) is 0 Å². The Morgan fingerprint density at radius 2 is 2.11 bits per heavy atom. The third-order valence-electron chi connectivity index (χ3n) is 2.97. The van der Waals surface area contributed by atoms with Crippen LogP contribution in [0.4, 0.5) is 0 Å². The molecule has 0 fully saturated rings. The lowest BCUT2D eigenvalue weighted by Crippen LogP contribution is -2.21. The van der Waals surface area contributed by atoms with Crippen molar-refractivity contribution >= 4 is 0 Å². The van der Waals surface area contributed by atoms with Crippen LogP contribution in [0.15, 0.2) is 36.7 Å². The molecule has 1 aromatic heterocycles. The number of hydrogen-bond donors (Lipinski definition) is 2. The van der Waals surface area contributed by atoms with Crippen LogP contribution < -0.4 is 10.1 Å². The van der Waals surface area contributed by atoms with Gasteiger partial charge in [-0.3, -0.25) is 0 Å². The van der Waals surface area contributed by atoms with Gasteiger partial charge < -0.3 is 15.0 Å². The number of ether oxygens (including phenoxy) is 1. The second-order valence-corrected chi connectivity index (χ2v) is 4.16. The van der Waals surface area contributed by atoms with Gasteiger partial charge >= 0.3 is 0 Å². The molecule has 0 aliphatic carbocycles. The van der Waals surface area contributed by atoms with Crippen molar-refractivity contribution in [2.45, 2.75) is 25.9 Å². The van der Waals surface area contributed by atoms with E-state index in [0.717, 1.165) is 24.5 Å². The Kier molecular flexibility index (Phi) is 4.36. The maximum absolute atomic E-state index is 5.14. The minimum absolute atomic E-state index is 0.266. The zero-order chi connectivity index (χ0) is 12.8. The Hall–Kier alpha value is -1.81. The first-order valence-electron chi connectivity index (χ1n) is 6.19.